The lowest BCUT2D eigenvalue weighted by Crippen LogP contribution is -2.26. The summed E-state index contributed by atoms with van der Waals surface area (Å²) in [5, 5.41) is 11.6. The topological polar surface area (TPSA) is 63.4 Å². The van der Waals surface area contributed by atoms with E-state index in [4.69, 9.17) is 14.7 Å². The number of phenolic OH excluding ortho intramolecular Hbond substituents is 1. The number of rotatable bonds is 3. The van der Waals surface area contributed by atoms with Gasteiger partial charge >= 0.3 is 0 Å². The van der Waals surface area contributed by atoms with Gasteiger partial charge in [0, 0.05) is 31.3 Å². The van der Waals surface area contributed by atoms with E-state index < -0.39 is 0 Å². The van der Waals surface area contributed by atoms with Crippen LogP contribution in [0, 0.1) is 0 Å². The Kier molecular flexibility index (Phi) is 4.59. The molecule has 160 valence electrons. The molecule has 0 unspecified atom stereocenters. The Morgan fingerprint density at radius 1 is 1.03 bits per heavy atom. The molecule has 1 N–H and O–H groups in total. The Morgan fingerprint density at radius 3 is 2.69 bits per heavy atom. The zero-order valence-electron chi connectivity index (χ0n) is 17.7. The highest BCUT2D eigenvalue weighted by atomic mass is 32.1. The number of thiazole rings is 1. The molecule has 2 aromatic heterocycles. The molecule has 0 saturated carbocycles. The van der Waals surface area contributed by atoms with E-state index in [0.29, 0.717) is 25.4 Å². The maximum atomic E-state index is 10.7. The summed E-state index contributed by atoms with van der Waals surface area (Å²) >= 11 is 1.63. The average molecular weight is 443 g/mol. The Labute approximate surface area is 189 Å². The molecule has 0 saturated heterocycles. The summed E-state index contributed by atoms with van der Waals surface area (Å²) in [6.45, 7) is 2.66. The summed E-state index contributed by atoms with van der Waals surface area (Å²) < 4.78 is 9.24. The van der Waals surface area contributed by atoms with Crippen molar-refractivity contribution in [3.63, 3.8) is 0 Å². The van der Waals surface area contributed by atoms with Gasteiger partial charge in [-0.05, 0) is 36.4 Å². The third kappa shape index (κ3) is 3.30. The van der Waals surface area contributed by atoms with Crippen molar-refractivity contribution in [3.05, 3.63) is 72.1 Å². The Hall–Kier alpha value is -3.42. The Morgan fingerprint density at radius 2 is 1.84 bits per heavy atom. The lowest BCUT2D eigenvalue weighted by molar-refractivity contribution is 0.212. The molecule has 6 rings (SSSR count). The van der Waals surface area contributed by atoms with Gasteiger partial charge in [0.15, 0.2) is 11.5 Å². The van der Waals surface area contributed by atoms with Gasteiger partial charge in [0.2, 0.25) is 0 Å². The van der Waals surface area contributed by atoms with Crippen LogP contribution in [0.25, 0.3) is 31.8 Å². The number of ether oxygens (including phenoxy) is 1. The van der Waals surface area contributed by atoms with E-state index in [0.717, 1.165) is 49.8 Å². The second-order valence-electron chi connectivity index (χ2n) is 8.11. The molecule has 0 amide bonds. The van der Waals surface area contributed by atoms with Gasteiger partial charge in [-0.25, -0.2) is 9.97 Å². The second-order valence-corrected chi connectivity index (χ2v) is 9.14. The molecule has 3 heterocycles. The number of hydrogen-bond acceptors (Lipinski definition) is 6. The maximum absolute atomic E-state index is 10.7. The molecule has 0 radical (unpaired) electrons. The number of nitrogens with zero attached hydrogens (tertiary/aromatic N) is 4. The summed E-state index contributed by atoms with van der Waals surface area (Å²) in [5.41, 5.74) is 4.99. The lowest BCUT2D eigenvalue weighted by Gasteiger charge is -2.19. The largest absolute Gasteiger partial charge is 0.504 e. The van der Waals surface area contributed by atoms with Crippen LogP contribution in [0.2, 0.25) is 0 Å². The number of phenols is 1. The zero-order valence-corrected chi connectivity index (χ0v) is 18.5. The lowest BCUT2D eigenvalue weighted by atomic mass is 10.1. The number of aryl methyl sites for hydroxylation is 1. The van der Waals surface area contributed by atoms with E-state index in [1.807, 2.05) is 36.4 Å². The normalized spacial score (nSPS) is 14.4. The van der Waals surface area contributed by atoms with E-state index in [1.165, 1.54) is 0 Å². The fraction of sp³-hybridized carbons (Fsp3) is 0.200. The highest BCUT2D eigenvalue weighted by Gasteiger charge is 2.22. The molecule has 1 aliphatic heterocycles. The fourth-order valence-electron chi connectivity index (χ4n) is 4.34. The third-order valence-corrected chi connectivity index (χ3v) is 7.07. The number of benzene rings is 3. The van der Waals surface area contributed by atoms with Crippen LogP contribution in [0.5, 0.6) is 11.5 Å². The zero-order chi connectivity index (χ0) is 21.7. The molecule has 0 fully saturated rings. The molecular formula is C25H22N4O2S. The van der Waals surface area contributed by atoms with Gasteiger partial charge in [-0.2, -0.15) is 0 Å². The van der Waals surface area contributed by atoms with Crippen LogP contribution in [0.15, 0.2) is 60.7 Å². The minimum Gasteiger partial charge on any atom is -0.504 e. The van der Waals surface area contributed by atoms with Crippen LogP contribution in [-0.4, -0.2) is 37.7 Å². The quantitative estimate of drug-likeness (QED) is 0.428. The monoisotopic (exact) mass is 442 g/mol. The fourth-order valence-corrected chi connectivity index (χ4v) is 5.30. The first kappa shape index (κ1) is 19.3. The van der Waals surface area contributed by atoms with Crippen molar-refractivity contribution in [2.24, 2.45) is 7.05 Å². The first-order valence-electron chi connectivity index (χ1n) is 10.6. The van der Waals surface area contributed by atoms with Crippen LogP contribution in [0.3, 0.4) is 0 Å². The van der Waals surface area contributed by atoms with Gasteiger partial charge in [-0.15, -0.1) is 11.3 Å². The smallest absolute Gasteiger partial charge is 0.165 e. The number of imidazole rings is 1. The minimum absolute atomic E-state index is 0.168. The maximum Gasteiger partial charge on any atom is 0.165 e. The van der Waals surface area contributed by atoms with E-state index >= 15 is 0 Å². The first-order valence-corrected chi connectivity index (χ1v) is 11.4. The van der Waals surface area contributed by atoms with Gasteiger partial charge in [0.25, 0.3) is 0 Å². The summed E-state index contributed by atoms with van der Waals surface area (Å²) in [6, 6.07) is 20.1. The van der Waals surface area contributed by atoms with Crippen molar-refractivity contribution in [3.8, 4) is 22.1 Å². The number of hydrogen-bond donors (Lipinski definition) is 1. The molecule has 0 aliphatic carbocycles. The van der Waals surface area contributed by atoms with Crippen molar-refractivity contribution in [2.45, 2.75) is 13.1 Å². The van der Waals surface area contributed by atoms with Crippen molar-refractivity contribution in [1.29, 1.82) is 0 Å². The van der Waals surface area contributed by atoms with Gasteiger partial charge in [-0.1, -0.05) is 24.3 Å². The Balaban J connectivity index is 1.34. The predicted octanol–water partition coefficient (Wildman–Crippen LogP) is 4.95. The van der Waals surface area contributed by atoms with Crippen LogP contribution in [0.1, 0.15) is 11.4 Å². The molecule has 0 atom stereocenters. The number of para-hydroxylation sites is 3. The van der Waals surface area contributed by atoms with E-state index in [1.54, 1.807) is 17.4 Å². The number of aromatic hydroxyl groups is 1. The second kappa shape index (κ2) is 7.62. The Bertz CT molecular complexity index is 1420. The number of aromatic nitrogens is 3. The molecule has 1 aliphatic rings. The SMILES string of the molecule is Cn1c(CN2CCOc3c(O)cc(-c4nc5ccccc5s4)cc3C2)nc2ccccc21. The van der Waals surface area contributed by atoms with Crippen molar-refractivity contribution in [1.82, 2.24) is 19.4 Å². The number of fused-ring (bicyclic) bond motifs is 3. The van der Waals surface area contributed by atoms with Crippen LogP contribution < -0.4 is 4.74 Å². The standard InChI is InChI=1S/C25H22N4O2S/c1-28-20-8-4-2-6-18(20)26-23(28)15-29-10-11-31-24-17(14-29)12-16(13-21(24)30)25-27-19-7-3-5-9-22(19)32-25/h2-9,12-13,30H,10-11,14-15H2,1H3. The predicted molar refractivity (Wildman–Crippen MR) is 127 cm³/mol. The minimum atomic E-state index is 0.168. The molecular weight excluding hydrogens is 420 g/mol. The summed E-state index contributed by atoms with van der Waals surface area (Å²) in [4.78, 5) is 11.9. The van der Waals surface area contributed by atoms with E-state index in [-0.39, 0.29) is 5.75 Å². The summed E-state index contributed by atoms with van der Waals surface area (Å²) in [6.07, 6.45) is 0. The summed E-state index contributed by atoms with van der Waals surface area (Å²) in [5.74, 6) is 1.75. The van der Waals surface area contributed by atoms with Gasteiger partial charge < -0.3 is 14.4 Å². The van der Waals surface area contributed by atoms with Gasteiger partial charge in [0.1, 0.15) is 17.4 Å². The highest BCUT2D eigenvalue weighted by molar-refractivity contribution is 7.21. The van der Waals surface area contributed by atoms with Crippen molar-refractivity contribution < 1.29 is 9.84 Å². The molecule has 32 heavy (non-hydrogen) atoms. The van der Waals surface area contributed by atoms with E-state index in [2.05, 4.69) is 34.7 Å². The third-order valence-electron chi connectivity index (χ3n) is 5.98. The van der Waals surface area contributed by atoms with Crippen LogP contribution in [0.4, 0.5) is 0 Å². The van der Waals surface area contributed by atoms with Crippen LogP contribution >= 0.6 is 11.3 Å². The highest BCUT2D eigenvalue weighted by Crippen LogP contribution is 2.39. The van der Waals surface area contributed by atoms with Gasteiger partial charge in [0.05, 0.1) is 27.8 Å². The summed E-state index contributed by atoms with van der Waals surface area (Å²) in [7, 11) is 2.06. The molecule has 7 heteroatoms. The first-order chi connectivity index (χ1) is 15.7. The molecule has 0 bridgehead atoms. The van der Waals surface area contributed by atoms with Crippen LogP contribution in [-0.2, 0) is 20.1 Å². The van der Waals surface area contributed by atoms with Gasteiger partial charge in [-0.3, -0.25) is 4.90 Å². The average Bonchev–Trinajstić information content (AvgIpc) is 3.29. The van der Waals surface area contributed by atoms with Crippen molar-refractivity contribution >= 4 is 32.6 Å². The molecule has 3 aromatic carbocycles. The molecule has 6 nitrogen and oxygen atoms in total. The molecule has 5 aromatic rings. The molecule has 0 spiro atoms. The van der Waals surface area contributed by atoms with E-state index in [9.17, 15) is 5.11 Å². The van der Waals surface area contributed by atoms with Crippen molar-refractivity contribution in [2.75, 3.05) is 13.2 Å².